The van der Waals surface area contributed by atoms with Crippen LogP contribution in [0.5, 0.6) is 0 Å². The summed E-state index contributed by atoms with van der Waals surface area (Å²) in [5.74, 6) is -1.35. The molecule has 194 valence electrons. The molecular formula is C24H46N2O7. The molecule has 3 N–H and O–H groups in total. The number of aliphatic carboxylic acids is 1. The topological polar surface area (TPSA) is 123 Å². The highest BCUT2D eigenvalue weighted by molar-refractivity contribution is 5.83. The van der Waals surface area contributed by atoms with Gasteiger partial charge in [0.15, 0.2) is 0 Å². The summed E-state index contributed by atoms with van der Waals surface area (Å²) in [6.07, 6.45) is 11.9. The molecule has 0 aromatic carbocycles. The van der Waals surface area contributed by atoms with Gasteiger partial charge in [0.05, 0.1) is 39.6 Å². The van der Waals surface area contributed by atoms with E-state index in [0.29, 0.717) is 46.0 Å². The van der Waals surface area contributed by atoms with Gasteiger partial charge in [-0.05, 0) is 13.3 Å². The summed E-state index contributed by atoms with van der Waals surface area (Å²) >= 11 is 0. The Morgan fingerprint density at radius 3 is 1.79 bits per heavy atom. The third-order valence-corrected chi connectivity index (χ3v) is 5.04. The van der Waals surface area contributed by atoms with Crippen LogP contribution in [0.2, 0.25) is 0 Å². The first-order chi connectivity index (χ1) is 16.0. The largest absolute Gasteiger partial charge is 0.480 e. The van der Waals surface area contributed by atoms with Crippen LogP contribution in [-0.2, 0) is 28.6 Å². The predicted molar refractivity (Wildman–Crippen MR) is 127 cm³/mol. The van der Waals surface area contributed by atoms with Gasteiger partial charge in [0, 0.05) is 19.4 Å². The molecule has 0 rings (SSSR count). The number of nitrogens with one attached hydrogen (secondary N) is 2. The number of hydrogen-bond acceptors (Lipinski definition) is 6. The Hall–Kier alpha value is -1.71. The van der Waals surface area contributed by atoms with Crippen LogP contribution in [0.1, 0.15) is 84.5 Å². The van der Waals surface area contributed by atoms with Crippen molar-refractivity contribution in [3.8, 4) is 0 Å². The smallest absolute Gasteiger partial charge is 0.325 e. The minimum absolute atomic E-state index is 0.0843. The summed E-state index contributed by atoms with van der Waals surface area (Å²) < 4.78 is 16.0. The van der Waals surface area contributed by atoms with Gasteiger partial charge < -0.3 is 30.0 Å². The van der Waals surface area contributed by atoms with Crippen LogP contribution in [0.25, 0.3) is 0 Å². The fraction of sp³-hybridized carbons (Fsp3) is 0.875. The van der Waals surface area contributed by atoms with Crippen molar-refractivity contribution in [2.45, 2.75) is 90.5 Å². The number of carbonyl (C=O) groups is 3. The van der Waals surface area contributed by atoms with Gasteiger partial charge in [-0.2, -0.15) is 0 Å². The Bertz CT molecular complexity index is 503. The van der Waals surface area contributed by atoms with Crippen LogP contribution in [-0.4, -0.2) is 75.1 Å². The second-order valence-corrected chi connectivity index (χ2v) is 8.14. The predicted octanol–water partition coefficient (Wildman–Crippen LogP) is 3.05. The Kier molecular flexibility index (Phi) is 22.2. The van der Waals surface area contributed by atoms with E-state index < -0.39 is 12.0 Å². The lowest BCUT2D eigenvalue weighted by atomic mass is 10.1. The van der Waals surface area contributed by atoms with Crippen molar-refractivity contribution < 1.29 is 33.7 Å². The van der Waals surface area contributed by atoms with Crippen LogP contribution in [0.4, 0.5) is 0 Å². The van der Waals surface area contributed by atoms with Gasteiger partial charge in [-0.3, -0.25) is 14.4 Å². The van der Waals surface area contributed by atoms with E-state index in [0.717, 1.165) is 12.8 Å². The molecule has 0 fully saturated rings. The normalized spacial score (nSPS) is 11.8. The van der Waals surface area contributed by atoms with Gasteiger partial charge in [0.2, 0.25) is 11.8 Å². The average Bonchev–Trinajstić information content (AvgIpc) is 2.78. The highest BCUT2D eigenvalue weighted by Gasteiger charge is 2.13. The van der Waals surface area contributed by atoms with Gasteiger partial charge in [-0.15, -0.1) is 0 Å². The van der Waals surface area contributed by atoms with Crippen LogP contribution in [0.3, 0.4) is 0 Å². The number of carboxylic acids is 1. The van der Waals surface area contributed by atoms with E-state index in [9.17, 15) is 14.4 Å². The standard InChI is InChI=1S/C24H46N2O7/c1-3-4-5-6-7-8-9-10-11-12-22(27)25-14-16-32-18-20-33-19-17-31-15-13-23(28)26-21(2)24(29)30/h21H,3-20H2,1-2H3,(H,25,27)(H,26,28)(H,29,30)/t21-/m0/s1. The zero-order chi connectivity index (χ0) is 24.6. The van der Waals surface area contributed by atoms with Gasteiger partial charge in [-0.1, -0.05) is 58.3 Å². The van der Waals surface area contributed by atoms with Crippen molar-refractivity contribution >= 4 is 17.8 Å². The number of carboxylic acid groups (broad SMARTS) is 1. The molecular weight excluding hydrogens is 428 g/mol. The van der Waals surface area contributed by atoms with Crippen molar-refractivity contribution in [3.63, 3.8) is 0 Å². The number of rotatable bonds is 24. The minimum atomic E-state index is -1.07. The Labute approximate surface area is 199 Å². The maximum Gasteiger partial charge on any atom is 0.325 e. The molecule has 0 aromatic rings. The maximum absolute atomic E-state index is 11.8. The molecule has 0 saturated heterocycles. The Morgan fingerprint density at radius 1 is 0.697 bits per heavy atom. The summed E-state index contributed by atoms with van der Waals surface area (Å²) in [5, 5.41) is 13.9. The van der Waals surface area contributed by atoms with Gasteiger partial charge in [-0.25, -0.2) is 0 Å². The summed E-state index contributed by atoms with van der Waals surface area (Å²) in [6, 6.07) is -0.908. The van der Waals surface area contributed by atoms with Crippen LogP contribution in [0.15, 0.2) is 0 Å². The van der Waals surface area contributed by atoms with Crippen LogP contribution in [0, 0.1) is 0 Å². The summed E-state index contributed by atoms with van der Waals surface area (Å²) in [6.45, 7) is 6.38. The first kappa shape index (κ1) is 31.3. The highest BCUT2D eigenvalue weighted by atomic mass is 16.5. The molecule has 9 heteroatoms. The summed E-state index contributed by atoms with van der Waals surface area (Å²) in [4.78, 5) is 33.9. The van der Waals surface area contributed by atoms with Gasteiger partial charge >= 0.3 is 5.97 Å². The molecule has 0 spiro atoms. The van der Waals surface area contributed by atoms with E-state index >= 15 is 0 Å². The molecule has 0 bridgehead atoms. The summed E-state index contributed by atoms with van der Waals surface area (Å²) in [7, 11) is 0. The van der Waals surface area contributed by atoms with Crippen LogP contribution < -0.4 is 10.6 Å². The van der Waals surface area contributed by atoms with E-state index in [1.807, 2.05) is 0 Å². The van der Waals surface area contributed by atoms with E-state index in [-0.39, 0.29) is 24.8 Å². The molecule has 0 aliphatic rings. The SMILES string of the molecule is CCCCCCCCCCCC(=O)NCCOCCOCCOCCC(=O)N[C@@H](C)C(=O)O. The Morgan fingerprint density at radius 2 is 1.21 bits per heavy atom. The van der Waals surface area contributed by atoms with E-state index in [1.54, 1.807) is 0 Å². The second kappa shape index (κ2) is 23.4. The average molecular weight is 475 g/mol. The molecule has 2 amide bonds. The fourth-order valence-electron chi connectivity index (χ4n) is 3.03. The van der Waals surface area contributed by atoms with Crippen molar-refractivity contribution in [1.82, 2.24) is 10.6 Å². The number of hydrogen-bond donors (Lipinski definition) is 3. The molecule has 0 saturated carbocycles. The third-order valence-electron chi connectivity index (χ3n) is 5.04. The van der Waals surface area contributed by atoms with Crippen molar-refractivity contribution in [1.29, 1.82) is 0 Å². The molecule has 33 heavy (non-hydrogen) atoms. The minimum Gasteiger partial charge on any atom is -0.480 e. The van der Waals surface area contributed by atoms with Crippen molar-refractivity contribution in [2.75, 3.05) is 46.2 Å². The highest BCUT2D eigenvalue weighted by Crippen LogP contribution is 2.10. The van der Waals surface area contributed by atoms with Crippen molar-refractivity contribution in [2.24, 2.45) is 0 Å². The zero-order valence-electron chi connectivity index (χ0n) is 20.7. The van der Waals surface area contributed by atoms with Crippen LogP contribution >= 0.6 is 0 Å². The monoisotopic (exact) mass is 474 g/mol. The first-order valence-electron chi connectivity index (χ1n) is 12.5. The number of amides is 2. The first-order valence-corrected chi connectivity index (χ1v) is 12.5. The number of unbranched alkanes of at least 4 members (excludes halogenated alkanes) is 8. The second-order valence-electron chi connectivity index (χ2n) is 8.14. The van der Waals surface area contributed by atoms with E-state index in [2.05, 4.69) is 17.6 Å². The maximum atomic E-state index is 11.8. The molecule has 0 aromatic heterocycles. The third kappa shape index (κ3) is 23.3. The molecule has 0 aliphatic carbocycles. The quantitative estimate of drug-likeness (QED) is 0.184. The van der Waals surface area contributed by atoms with Gasteiger partial charge in [0.25, 0.3) is 0 Å². The molecule has 9 nitrogen and oxygen atoms in total. The lowest BCUT2D eigenvalue weighted by Gasteiger charge is -2.10. The molecule has 1 atom stereocenters. The summed E-state index contributed by atoms with van der Waals surface area (Å²) in [5.41, 5.74) is 0. The lowest BCUT2D eigenvalue weighted by molar-refractivity contribution is -0.141. The van der Waals surface area contributed by atoms with E-state index in [4.69, 9.17) is 19.3 Å². The lowest BCUT2D eigenvalue weighted by Crippen LogP contribution is -2.38. The van der Waals surface area contributed by atoms with Gasteiger partial charge in [0.1, 0.15) is 6.04 Å². The molecule has 0 radical (unpaired) electrons. The number of ether oxygens (including phenoxy) is 3. The number of carbonyl (C=O) groups excluding carboxylic acids is 2. The molecule has 0 aliphatic heterocycles. The molecule has 0 unspecified atom stereocenters. The van der Waals surface area contributed by atoms with E-state index in [1.165, 1.54) is 51.9 Å². The fourth-order valence-corrected chi connectivity index (χ4v) is 3.03. The molecule has 0 heterocycles. The van der Waals surface area contributed by atoms with Crippen molar-refractivity contribution in [3.05, 3.63) is 0 Å². The Balaban J connectivity index is 3.27. The zero-order valence-corrected chi connectivity index (χ0v) is 20.7.